The van der Waals surface area contributed by atoms with E-state index in [1.807, 2.05) is 0 Å². The highest BCUT2D eigenvalue weighted by Gasteiger charge is 2.45. The van der Waals surface area contributed by atoms with Gasteiger partial charge in [-0.15, -0.1) is 0 Å². The molecular formula is C11H18N4S22. The lowest BCUT2D eigenvalue weighted by Crippen LogP contribution is -2.18. The molecular weight excluding hydrogens is 894 g/mol. The summed E-state index contributed by atoms with van der Waals surface area (Å²) in [7, 11) is 34.5. The first-order valence-electron chi connectivity index (χ1n) is 8.68. The average molecular weight is 912 g/mol. The summed E-state index contributed by atoms with van der Waals surface area (Å²) in [4.78, 5) is 8.78. The van der Waals surface area contributed by atoms with Gasteiger partial charge in [0.05, 0.1) is 11.4 Å². The number of nitrogens with two attached hydrogens (primary N) is 2. The average Bonchev–Trinajstić information content (AvgIpc) is 3.02. The van der Waals surface area contributed by atoms with Gasteiger partial charge < -0.3 is 11.5 Å². The van der Waals surface area contributed by atoms with Crippen molar-refractivity contribution in [3.63, 3.8) is 0 Å². The largest absolute Gasteiger partial charge is 0.381 e. The number of nitrogen functional groups attached to an aromatic ring is 2. The molecule has 1 heterocycles. The second-order valence-electron chi connectivity index (χ2n) is 7.00. The summed E-state index contributed by atoms with van der Waals surface area (Å²) in [5.41, 5.74) is 13.5. The molecule has 214 valence electrons. The van der Waals surface area contributed by atoms with Gasteiger partial charge in [-0.3, -0.25) is 0 Å². The van der Waals surface area contributed by atoms with E-state index in [0.29, 0.717) is 11.6 Å². The van der Waals surface area contributed by atoms with Crippen LogP contribution in [0.25, 0.3) is 0 Å². The van der Waals surface area contributed by atoms with Crippen LogP contribution in [0.15, 0.2) is 0 Å². The van der Waals surface area contributed by atoms with Crippen molar-refractivity contribution in [2.75, 3.05) is 11.5 Å². The standard InChI is InChI=1S/C11H18N4.S22/c1-10(2)5-11(3,4)7-6(10)14-8(12)9(13)15-7;1-3-5-7-9-11-13-15-17-19-21-22-20-18-16-14-12-10-8-6-4-2/h5H2,1-4H3,(H2,12,14)(H2,13,15);. The van der Waals surface area contributed by atoms with Crippen LogP contribution >= 0.6 is 0 Å². The highest BCUT2D eigenvalue weighted by Crippen LogP contribution is 2.47. The Morgan fingerprint density at radius 3 is 0.919 bits per heavy atom. The molecule has 2 rings (SSSR count). The third-order valence-electron chi connectivity index (χ3n) is 3.65. The third-order valence-corrected chi connectivity index (χ3v) is 45.9. The zero-order valence-electron chi connectivity index (χ0n) is 18.7. The number of fused-ring (bicyclic) bond motifs is 1. The van der Waals surface area contributed by atoms with Gasteiger partial charge >= 0.3 is 0 Å². The van der Waals surface area contributed by atoms with E-state index in [4.69, 9.17) is 33.8 Å². The van der Waals surface area contributed by atoms with Gasteiger partial charge in [0.2, 0.25) is 0 Å². The molecule has 0 bridgehead atoms. The molecule has 0 fully saturated rings. The molecule has 1 aromatic rings. The molecule has 1 aliphatic carbocycles. The van der Waals surface area contributed by atoms with E-state index in [-0.39, 0.29) is 10.8 Å². The van der Waals surface area contributed by atoms with E-state index >= 15 is 0 Å². The maximum absolute atomic E-state index is 5.70. The molecule has 0 amide bonds. The number of hydrogen-bond acceptors (Lipinski definition) is 6. The van der Waals surface area contributed by atoms with E-state index in [2.05, 4.69) is 37.7 Å². The van der Waals surface area contributed by atoms with E-state index in [9.17, 15) is 0 Å². The van der Waals surface area contributed by atoms with Crippen molar-refractivity contribution in [1.29, 1.82) is 0 Å². The van der Waals surface area contributed by atoms with Gasteiger partial charge in [-0.2, -0.15) is 0 Å². The zero-order valence-corrected chi connectivity index (χ0v) is 36.7. The molecule has 0 saturated carbocycles. The van der Waals surface area contributed by atoms with Gasteiger partial charge in [0.1, 0.15) is 0 Å². The Hall–Kier alpha value is 3.52. The Labute approximate surface area is 283 Å². The fourth-order valence-corrected chi connectivity index (χ4v) is 52.3. The molecule has 0 aromatic carbocycles. The lowest BCUT2D eigenvalue weighted by molar-refractivity contribution is 0.396. The van der Waals surface area contributed by atoms with Crippen LogP contribution in [-0.4, -0.2) is 9.97 Å². The molecule has 4 nitrogen and oxygen atoms in total. The summed E-state index contributed by atoms with van der Waals surface area (Å²) in [5.74, 6) is 0.694. The van der Waals surface area contributed by atoms with Crippen LogP contribution in [-0.2, 0) is 211 Å². The molecule has 26 heteroatoms. The molecule has 0 unspecified atom stereocenters. The van der Waals surface area contributed by atoms with Crippen molar-refractivity contribution in [3.05, 3.63) is 11.4 Å². The number of rotatable bonds is 0. The minimum Gasteiger partial charge on any atom is -0.381 e. The minimum absolute atomic E-state index is 0.0354. The maximum atomic E-state index is 5.70. The van der Waals surface area contributed by atoms with E-state index in [1.54, 1.807) is 160 Å². The molecule has 0 radical (unpaired) electrons. The van der Waals surface area contributed by atoms with Crippen LogP contribution < -0.4 is 11.5 Å². The zero-order chi connectivity index (χ0) is 27.6. The van der Waals surface area contributed by atoms with Gasteiger partial charge in [0.15, 0.2) is 11.6 Å². The fraction of sp³-hybridized carbons (Fsp3) is 0.636. The normalized spacial score (nSPS) is 13.1. The van der Waals surface area contributed by atoms with E-state index in [0.717, 1.165) is 17.8 Å². The number of hydrogen-bond donors (Lipinski definition) is 2. The fourth-order valence-electron chi connectivity index (χ4n) is 2.88. The highest BCUT2D eigenvalue weighted by atomic mass is 33.5. The monoisotopic (exact) mass is 910 g/mol. The van der Waals surface area contributed by atoms with Crippen molar-refractivity contribution in [2.45, 2.75) is 44.9 Å². The maximum Gasteiger partial charge on any atom is 0.166 e. The van der Waals surface area contributed by atoms with Gasteiger partial charge in [0, 0.05) is 211 Å². The van der Waals surface area contributed by atoms with Crippen molar-refractivity contribution in [1.82, 2.24) is 9.97 Å². The summed E-state index contributed by atoms with van der Waals surface area (Å²) in [6, 6.07) is 0. The van der Waals surface area contributed by atoms with Crippen LogP contribution in [0, 0.1) is 0 Å². The van der Waals surface area contributed by atoms with Crippen LogP contribution in [0.5, 0.6) is 0 Å². The summed E-state index contributed by atoms with van der Waals surface area (Å²) < 4.78 is 0. The van der Waals surface area contributed by atoms with Crippen LogP contribution in [0.1, 0.15) is 45.5 Å². The first-order valence-corrected chi connectivity index (χ1v) is 36.7. The van der Waals surface area contributed by atoms with Crippen molar-refractivity contribution in [3.8, 4) is 0 Å². The van der Waals surface area contributed by atoms with Crippen molar-refractivity contribution >= 4 is 212 Å². The first-order chi connectivity index (χ1) is 17.7. The van der Waals surface area contributed by atoms with Crippen molar-refractivity contribution < 1.29 is 0 Å². The number of aromatic nitrogens is 2. The second-order valence-corrected chi connectivity index (χ2v) is 42.4. The summed E-state index contributed by atoms with van der Waals surface area (Å²) in [6.45, 7) is 8.69. The number of anilines is 2. The molecule has 0 spiro atoms. The molecule has 0 aliphatic heterocycles. The van der Waals surface area contributed by atoms with Gasteiger partial charge in [-0.25, -0.2) is 9.97 Å². The predicted molar refractivity (Wildman–Crippen MR) is 224 cm³/mol. The van der Waals surface area contributed by atoms with Crippen LogP contribution in [0.3, 0.4) is 0 Å². The molecule has 1 aromatic heterocycles. The molecule has 37 heavy (non-hydrogen) atoms. The first kappa shape index (κ1) is 38.5. The quantitative estimate of drug-likeness (QED) is 0.412. The Balaban J connectivity index is 0.000000394. The highest BCUT2D eigenvalue weighted by molar-refractivity contribution is 8.78. The number of nitrogens with zero attached hydrogens (tertiary/aromatic N) is 2. The molecule has 1 aliphatic rings. The van der Waals surface area contributed by atoms with Gasteiger partial charge in [-0.1, -0.05) is 27.7 Å². The Morgan fingerprint density at radius 1 is 0.486 bits per heavy atom. The van der Waals surface area contributed by atoms with Crippen molar-refractivity contribution in [2.24, 2.45) is 0 Å². The van der Waals surface area contributed by atoms with Crippen LogP contribution in [0.2, 0.25) is 0 Å². The Kier molecular flexibility index (Phi) is 23.9. The van der Waals surface area contributed by atoms with Gasteiger partial charge in [0.25, 0.3) is 0 Å². The Morgan fingerprint density at radius 2 is 0.703 bits per heavy atom. The van der Waals surface area contributed by atoms with E-state index in [1.165, 1.54) is 17.8 Å². The molecule has 0 saturated heterocycles. The lowest BCUT2D eigenvalue weighted by Gasteiger charge is -2.21. The molecule has 0 atom stereocenters. The predicted octanol–water partition coefficient (Wildman–Crippen LogP) is 1.55. The lowest BCUT2D eigenvalue weighted by atomic mass is 9.83. The second kappa shape index (κ2) is 23.0. The summed E-state index contributed by atoms with van der Waals surface area (Å²) in [5, 5.41) is 0. The summed E-state index contributed by atoms with van der Waals surface area (Å²) in [6.07, 6.45) is 1.03. The van der Waals surface area contributed by atoms with E-state index < -0.39 is 0 Å². The minimum atomic E-state index is 0.0354. The van der Waals surface area contributed by atoms with Gasteiger partial charge in [-0.05, 0) is 6.42 Å². The molecule has 4 N–H and O–H groups in total. The van der Waals surface area contributed by atoms with Crippen LogP contribution in [0.4, 0.5) is 11.6 Å². The summed E-state index contributed by atoms with van der Waals surface area (Å²) >= 11 is 9.53. The third kappa shape index (κ3) is 17.4. The smallest absolute Gasteiger partial charge is 0.166 e. The SMILES string of the molecule is CC1(C)CC(C)(C)c2nc(N)c(N)nc21.S=S=S=S=S=S=S=S=S=S=S=S=S=S=S=S=S=S=S=S=S=S. The Bertz CT molecular complexity index is 1750. The topological polar surface area (TPSA) is 77.8 Å².